The summed E-state index contributed by atoms with van der Waals surface area (Å²) in [5.41, 5.74) is 5.26. The molecule has 2 aromatic heterocycles. The molecule has 1 aromatic carbocycles. The highest BCUT2D eigenvalue weighted by molar-refractivity contribution is 7.14. The van der Waals surface area contributed by atoms with Crippen molar-refractivity contribution in [3.05, 3.63) is 46.6 Å². The van der Waals surface area contributed by atoms with Gasteiger partial charge in [-0.25, -0.2) is 9.67 Å². The second kappa shape index (κ2) is 5.58. The Morgan fingerprint density at radius 1 is 1.30 bits per heavy atom. The predicted molar refractivity (Wildman–Crippen MR) is 88.5 cm³/mol. The maximum Gasteiger partial charge on any atom is 0.277 e. The Hall–Kier alpha value is -2.54. The predicted octanol–water partition coefficient (Wildman–Crippen LogP) is 2.68. The van der Waals surface area contributed by atoms with E-state index in [1.54, 1.807) is 7.05 Å². The van der Waals surface area contributed by atoms with Crippen LogP contribution in [0.15, 0.2) is 29.8 Å². The van der Waals surface area contributed by atoms with Gasteiger partial charge in [-0.1, -0.05) is 17.3 Å². The molecule has 23 heavy (non-hydrogen) atoms. The molecule has 4 rings (SSSR count). The summed E-state index contributed by atoms with van der Waals surface area (Å²) in [5, 5.41) is 12.8. The fourth-order valence-electron chi connectivity index (χ4n) is 2.85. The van der Waals surface area contributed by atoms with Crippen LogP contribution in [-0.2, 0) is 19.9 Å². The van der Waals surface area contributed by atoms with E-state index in [1.807, 2.05) is 5.38 Å². The van der Waals surface area contributed by atoms with Gasteiger partial charge in [0.15, 0.2) is 5.13 Å². The third-order valence-corrected chi connectivity index (χ3v) is 4.82. The molecule has 0 saturated heterocycles. The summed E-state index contributed by atoms with van der Waals surface area (Å²) in [6.07, 6.45) is 4.98. The topological polar surface area (TPSA) is 72.7 Å². The SMILES string of the molecule is Cn1nncc1C(=O)Nc1nc(-c2ccc3c(c2)CCC3)cs1. The first-order valence-electron chi connectivity index (χ1n) is 7.44. The Labute approximate surface area is 137 Å². The molecular weight excluding hydrogens is 310 g/mol. The zero-order valence-corrected chi connectivity index (χ0v) is 13.4. The molecule has 1 amide bonds. The second-order valence-electron chi connectivity index (χ2n) is 5.57. The molecule has 0 unspecified atom stereocenters. The number of thiazole rings is 1. The molecule has 0 aliphatic heterocycles. The number of anilines is 1. The number of amides is 1. The lowest BCUT2D eigenvalue weighted by molar-refractivity contribution is 0.101. The van der Waals surface area contributed by atoms with E-state index in [0.29, 0.717) is 10.8 Å². The van der Waals surface area contributed by atoms with Gasteiger partial charge in [-0.05, 0) is 36.5 Å². The number of rotatable bonds is 3. The number of carbonyl (C=O) groups is 1. The molecule has 0 spiro atoms. The highest BCUT2D eigenvalue weighted by Crippen LogP contribution is 2.30. The molecule has 1 N–H and O–H groups in total. The van der Waals surface area contributed by atoms with Crippen LogP contribution in [-0.4, -0.2) is 25.9 Å². The summed E-state index contributed by atoms with van der Waals surface area (Å²) in [6.45, 7) is 0. The van der Waals surface area contributed by atoms with Gasteiger partial charge >= 0.3 is 0 Å². The maximum absolute atomic E-state index is 12.1. The standard InChI is InChI=1S/C16H15N5OS/c1-21-14(8-17-20-21)15(22)19-16-18-13(9-23-16)12-6-5-10-3-2-4-11(10)7-12/h5-9H,2-4H2,1H3,(H,18,19,22). The van der Waals surface area contributed by atoms with Crippen molar-refractivity contribution in [2.24, 2.45) is 7.05 Å². The molecule has 3 aromatic rings. The lowest BCUT2D eigenvalue weighted by Crippen LogP contribution is -2.15. The van der Waals surface area contributed by atoms with E-state index in [0.717, 1.165) is 17.7 Å². The van der Waals surface area contributed by atoms with E-state index in [4.69, 9.17) is 0 Å². The quantitative estimate of drug-likeness (QED) is 0.803. The third-order valence-electron chi connectivity index (χ3n) is 4.07. The van der Waals surface area contributed by atoms with Gasteiger partial charge in [0.2, 0.25) is 0 Å². The zero-order chi connectivity index (χ0) is 15.8. The van der Waals surface area contributed by atoms with Crippen LogP contribution in [0.2, 0.25) is 0 Å². The van der Waals surface area contributed by atoms with Gasteiger partial charge in [0.1, 0.15) is 5.69 Å². The Bertz CT molecular complexity index is 882. The van der Waals surface area contributed by atoms with Gasteiger partial charge in [0.05, 0.1) is 11.9 Å². The summed E-state index contributed by atoms with van der Waals surface area (Å²) in [6, 6.07) is 6.51. The van der Waals surface area contributed by atoms with Crippen LogP contribution in [0, 0.1) is 0 Å². The first-order chi connectivity index (χ1) is 11.2. The van der Waals surface area contributed by atoms with Crippen LogP contribution in [0.25, 0.3) is 11.3 Å². The summed E-state index contributed by atoms with van der Waals surface area (Å²) in [4.78, 5) is 16.7. The van der Waals surface area contributed by atoms with Crippen molar-refractivity contribution in [3.8, 4) is 11.3 Å². The van der Waals surface area contributed by atoms with Crippen LogP contribution in [0.3, 0.4) is 0 Å². The van der Waals surface area contributed by atoms with E-state index >= 15 is 0 Å². The van der Waals surface area contributed by atoms with Gasteiger partial charge in [-0.3, -0.25) is 10.1 Å². The fraction of sp³-hybridized carbons (Fsp3) is 0.250. The molecule has 0 bridgehead atoms. The highest BCUT2D eigenvalue weighted by atomic mass is 32.1. The first kappa shape index (κ1) is 14.1. The molecule has 0 saturated carbocycles. The maximum atomic E-state index is 12.1. The van der Waals surface area contributed by atoms with Gasteiger partial charge in [0, 0.05) is 18.0 Å². The summed E-state index contributed by atoms with van der Waals surface area (Å²) in [5.74, 6) is -0.257. The molecule has 1 aliphatic carbocycles. The van der Waals surface area contributed by atoms with Crippen LogP contribution >= 0.6 is 11.3 Å². The smallest absolute Gasteiger partial charge is 0.277 e. The number of nitrogens with one attached hydrogen (secondary N) is 1. The van der Waals surface area contributed by atoms with Gasteiger partial charge in [-0.15, -0.1) is 16.4 Å². The van der Waals surface area contributed by atoms with Crippen molar-refractivity contribution in [2.45, 2.75) is 19.3 Å². The monoisotopic (exact) mass is 325 g/mol. The van der Waals surface area contributed by atoms with Gasteiger partial charge in [-0.2, -0.15) is 0 Å². The van der Waals surface area contributed by atoms with Crippen molar-refractivity contribution < 1.29 is 4.79 Å². The van der Waals surface area contributed by atoms with E-state index in [2.05, 4.69) is 38.8 Å². The average molecular weight is 325 g/mol. The van der Waals surface area contributed by atoms with Gasteiger partial charge < -0.3 is 0 Å². The van der Waals surface area contributed by atoms with Crippen LogP contribution in [0.5, 0.6) is 0 Å². The summed E-state index contributed by atoms with van der Waals surface area (Å²) < 4.78 is 1.43. The number of benzene rings is 1. The molecule has 0 fully saturated rings. The number of hydrogen-bond acceptors (Lipinski definition) is 5. The molecule has 0 radical (unpaired) electrons. The van der Waals surface area contributed by atoms with Crippen molar-refractivity contribution in [1.82, 2.24) is 20.0 Å². The molecule has 0 atom stereocenters. The largest absolute Gasteiger partial charge is 0.296 e. The average Bonchev–Trinajstić information content (AvgIpc) is 3.26. The Balaban J connectivity index is 1.55. The Kier molecular flexibility index (Phi) is 3.42. The van der Waals surface area contributed by atoms with E-state index in [1.165, 1.54) is 46.2 Å². The lowest BCUT2D eigenvalue weighted by Gasteiger charge is -2.02. The lowest BCUT2D eigenvalue weighted by atomic mass is 10.1. The number of carbonyl (C=O) groups excluding carboxylic acids is 1. The second-order valence-corrected chi connectivity index (χ2v) is 6.43. The van der Waals surface area contributed by atoms with E-state index in [9.17, 15) is 4.79 Å². The number of hydrogen-bond donors (Lipinski definition) is 1. The molecular formula is C16H15N5OS. The molecule has 1 aliphatic rings. The molecule has 7 heteroatoms. The normalized spacial score (nSPS) is 13.1. The van der Waals surface area contributed by atoms with Gasteiger partial charge in [0.25, 0.3) is 5.91 Å². The molecule has 116 valence electrons. The minimum Gasteiger partial charge on any atom is -0.296 e. The van der Waals surface area contributed by atoms with Crippen LogP contribution in [0.1, 0.15) is 28.0 Å². The minimum absolute atomic E-state index is 0.257. The number of nitrogens with zero attached hydrogens (tertiary/aromatic N) is 4. The molecule has 2 heterocycles. The van der Waals surface area contributed by atoms with Crippen molar-refractivity contribution in [3.63, 3.8) is 0 Å². The number of fused-ring (bicyclic) bond motifs is 1. The van der Waals surface area contributed by atoms with Crippen LogP contribution in [0.4, 0.5) is 5.13 Å². The van der Waals surface area contributed by atoms with Crippen molar-refractivity contribution in [1.29, 1.82) is 0 Å². The van der Waals surface area contributed by atoms with Crippen LogP contribution < -0.4 is 5.32 Å². The number of aryl methyl sites for hydroxylation is 3. The van der Waals surface area contributed by atoms with Crippen molar-refractivity contribution >= 4 is 22.4 Å². The van der Waals surface area contributed by atoms with E-state index in [-0.39, 0.29) is 5.91 Å². The summed E-state index contributed by atoms with van der Waals surface area (Å²) >= 11 is 1.42. The van der Waals surface area contributed by atoms with Crippen molar-refractivity contribution in [2.75, 3.05) is 5.32 Å². The third kappa shape index (κ3) is 2.63. The summed E-state index contributed by atoms with van der Waals surface area (Å²) in [7, 11) is 1.68. The Morgan fingerprint density at radius 3 is 3.00 bits per heavy atom. The minimum atomic E-state index is -0.257. The fourth-order valence-corrected chi connectivity index (χ4v) is 3.57. The van der Waals surface area contributed by atoms with E-state index < -0.39 is 0 Å². The first-order valence-corrected chi connectivity index (χ1v) is 8.32. The molecule has 6 nitrogen and oxygen atoms in total. The highest BCUT2D eigenvalue weighted by Gasteiger charge is 2.15. The number of aromatic nitrogens is 4. The Morgan fingerprint density at radius 2 is 2.17 bits per heavy atom. The zero-order valence-electron chi connectivity index (χ0n) is 12.6.